The van der Waals surface area contributed by atoms with Gasteiger partial charge in [0.25, 0.3) is 0 Å². The number of nitrogens with one attached hydrogen (secondary N) is 1. The molecule has 0 saturated carbocycles. The van der Waals surface area contributed by atoms with Crippen molar-refractivity contribution in [3.63, 3.8) is 0 Å². The number of halogens is 2. The highest BCUT2D eigenvalue weighted by atomic mass is 35.5. The maximum Gasteiger partial charge on any atom is 0.154 e. The van der Waals surface area contributed by atoms with E-state index in [1.807, 2.05) is 6.92 Å². The number of hydrogen-bond acceptors (Lipinski definition) is 3. The van der Waals surface area contributed by atoms with Crippen LogP contribution in [0.15, 0.2) is 6.07 Å². The van der Waals surface area contributed by atoms with Crippen LogP contribution >= 0.6 is 23.2 Å². The van der Waals surface area contributed by atoms with Gasteiger partial charge in [0.1, 0.15) is 5.15 Å². The highest BCUT2D eigenvalue weighted by Gasteiger charge is 2.08. The van der Waals surface area contributed by atoms with Crippen molar-refractivity contribution in [2.75, 3.05) is 25.6 Å². The van der Waals surface area contributed by atoms with Crippen LogP contribution in [0.5, 0.6) is 0 Å². The minimum Gasteiger partial charge on any atom is -0.384 e. The third kappa shape index (κ3) is 3.81. The van der Waals surface area contributed by atoms with Crippen LogP contribution in [0.1, 0.15) is 12.5 Å². The summed E-state index contributed by atoms with van der Waals surface area (Å²) in [6.45, 7) is 5.55. The van der Waals surface area contributed by atoms with Gasteiger partial charge >= 0.3 is 0 Å². The number of aryl methyl sites for hydroxylation is 1. The SMILES string of the molecule is COCC(C)CNc1c(C)cc(Cl)nc1Cl. The third-order valence-corrected chi connectivity index (χ3v) is 2.69. The molecule has 16 heavy (non-hydrogen) atoms. The van der Waals surface area contributed by atoms with Gasteiger partial charge in [-0.1, -0.05) is 30.1 Å². The van der Waals surface area contributed by atoms with Crippen LogP contribution in [0.25, 0.3) is 0 Å². The van der Waals surface area contributed by atoms with Crippen molar-refractivity contribution < 1.29 is 4.74 Å². The molecule has 0 amide bonds. The zero-order valence-electron chi connectivity index (χ0n) is 9.68. The molecule has 0 radical (unpaired) electrons. The Balaban J connectivity index is 2.67. The van der Waals surface area contributed by atoms with E-state index in [0.29, 0.717) is 22.8 Å². The normalized spacial score (nSPS) is 12.6. The summed E-state index contributed by atoms with van der Waals surface area (Å²) < 4.78 is 5.06. The zero-order valence-corrected chi connectivity index (χ0v) is 11.2. The lowest BCUT2D eigenvalue weighted by atomic mass is 10.2. The first-order chi connectivity index (χ1) is 7.54. The Bertz CT molecular complexity index is 335. The van der Waals surface area contributed by atoms with Crippen molar-refractivity contribution in [1.82, 2.24) is 4.98 Å². The van der Waals surface area contributed by atoms with E-state index in [2.05, 4.69) is 17.2 Å². The van der Waals surface area contributed by atoms with Gasteiger partial charge in [0.05, 0.1) is 12.3 Å². The van der Waals surface area contributed by atoms with Crippen molar-refractivity contribution in [1.29, 1.82) is 0 Å². The maximum absolute atomic E-state index is 6.01. The number of methoxy groups -OCH3 is 1. The van der Waals surface area contributed by atoms with Crippen LogP contribution in [-0.4, -0.2) is 25.2 Å². The highest BCUT2D eigenvalue weighted by Crippen LogP contribution is 2.26. The molecule has 1 aromatic rings. The molecule has 0 saturated heterocycles. The molecule has 0 aliphatic carbocycles. The van der Waals surface area contributed by atoms with E-state index < -0.39 is 0 Å². The molecule has 0 aliphatic rings. The van der Waals surface area contributed by atoms with Crippen LogP contribution in [0.3, 0.4) is 0 Å². The van der Waals surface area contributed by atoms with Gasteiger partial charge in [-0.15, -0.1) is 0 Å². The lowest BCUT2D eigenvalue weighted by Gasteiger charge is -2.15. The molecule has 1 atom stereocenters. The van der Waals surface area contributed by atoms with Gasteiger partial charge in [-0.05, 0) is 24.5 Å². The summed E-state index contributed by atoms with van der Waals surface area (Å²) in [6.07, 6.45) is 0. The van der Waals surface area contributed by atoms with E-state index in [-0.39, 0.29) is 0 Å². The molecule has 1 heterocycles. The summed E-state index contributed by atoms with van der Waals surface area (Å²) >= 11 is 11.8. The van der Waals surface area contributed by atoms with Gasteiger partial charge in [0.15, 0.2) is 5.15 Å². The average Bonchev–Trinajstić information content (AvgIpc) is 2.16. The molecule has 0 aliphatic heterocycles. The Morgan fingerprint density at radius 1 is 1.50 bits per heavy atom. The topological polar surface area (TPSA) is 34.1 Å². The molecule has 5 heteroatoms. The predicted octanol–water partition coefficient (Wildman–Crippen LogP) is 3.39. The number of ether oxygens (including phenoxy) is 1. The van der Waals surface area contributed by atoms with E-state index in [4.69, 9.17) is 27.9 Å². The van der Waals surface area contributed by atoms with Gasteiger partial charge in [0, 0.05) is 13.7 Å². The van der Waals surface area contributed by atoms with E-state index >= 15 is 0 Å². The molecule has 1 N–H and O–H groups in total. The average molecular weight is 263 g/mol. The summed E-state index contributed by atoms with van der Waals surface area (Å²) in [4.78, 5) is 4.00. The van der Waals surface area contributed by atoms with Gasteiger partial charge in [-0.2, -0.15) is 0 Å². The number of hydrogen-bond donors (Lipinski definition) is 1. The summed E-state index contributed by atoms with van der Waals surface area (Å²) in [7, 11) is 1.69. The van der Waals surface area contributed by atoms with Crippen LogP contribution < -0.4 is 5.32 Å². The molecule has 90 valence electrons. The minimum absolute atomic E-state index is 0.412. The Kier molecular flexibility index (Phi) is 5.32. The Hall–Kier alpha value is -0.510. The smallest absolute Gasteiger partial charge is 0.154 e. The molecular formula is C11H16Cl2N2O. The van der Waals surface area contributed by atoms with Gasteiger partial charge < -0.3 is 10.1 Å². The fraction of sp³-hybridized carbons (Fsp3) is 0.545. The molecule has 0 fully saturated rings. The molecule has 1 rings (SSSR count). The Morgan fingerprint density at radius 3 is 2.75 bits per heavy atom. The molecular weight excluding hydrogens is 247 g/mol. The summed E-state index contributed by atoms with van der Waals surface area (Å²) in [5.74, 6) is 0.413. The maximum atomic E-state index is 6.01. The Labute approximate surface area is 106 Å². The number of aromatic nitrogens is 1. The van der Waals surface area contributed by atoms with Crippen LogP contribution in [0.2, 0.25) is 10.3 Å². The summed E-state index contributed by atoms with van der Waals surface area (Å²) in [5, 5.41) is 4.09. The fourth-order valence-corrected chi connectivity index (χ4v) is 2.03. The van der Waals surface area contributed by atoms with Gasteiger partial charge in [-0.25, -0.2) is 4.98 Å². The second-order valence-corrected chi connectivity index (χ2v) is 4.61. The van der Waals surface area contributed by atoms with Gasteiger partial charge in [0.2, 0.25) is 0 Å². The van der Waals surface area contributed by atoms with Gasteiger partial charge in [-0.3, -0.25) is 0 Å². The van der Waals surface area contributed by atoms with Crippen LogP contribution in [0.4, 0.5) is 5.69 Å². The molecule has 1 aromatic heterocycles. The van der Waals surface area contributed by atoms with Crippen molar-refractivity contribution in [3.05, 3.63) is 21.9 Å². The van der Waals surface area contributed by atoms with E-state index in [1.165, 1.54) is 0 Å². The number of pyridine rings is 1. The summed E-state index contributed by atoms with van der Waals surface area (Å²) in [6, 6.07) is 1.79. The van der Waals surface area contributed by atoms with Crippen molar-refractivity contribution in [3.8, 4) is 0 Å². The number of nitrogens with zero attached hydrogens (tertiary/aromatic N) is 1. The predicted molar refractivity (Wildman–Crippen MR) is 68.5 cm³/mol. The Morgan fingerprint density at radius 2 is 2.19 bits per heavy atom. The minimum atomic E-state index is 0.412. The third-order valence-electron chi connectivity index (χ3n) is 2.22. The first-order valence-corrected chi connectivity index (χ1v) is 5.85. The van der Waals surface area contributed by atoms with Crippen molar-refractivity contribution >= 4 is 28.9 Å². The lowest BCUT2D eigenvalue weighted by Crippen LogP contribution is -2.16. The zero-order chi connectivity index (χ0) is 12.1. The first kappa shape index (κ1) is 13.6. The molecule has 0 spiro atoms. The number of rotatable bonds is 5. The lowest BCUT2D eigenvalue weighted by molar-refractivity contribution is 0.164. The molecule has 1 unspecified atom stereocenters. The van der Waals surface area contributed by atoms with Crippen LogP contribution in [0, 0.1) is 12.8 Å². The van der Waals surface area contributed by atoms with E-state index in [1.54, 1.807) is 13.2 Å². The van der Waals surface area contributed by atoms with Crippen LogP contribution in [-0.2, 0) is 4.74 Å². The quantitative estimate of drug-likeness (QED) is 0.827. The van der Waals surface area contributed by atoms with E-state index in [9.17, 15) is 0 Å². The monoisotopic (exact) mass is 262 g/mol. The van der Waals surface area contributed by atoms with Crippen molar-refractivity contribution in [2.45, 2.75) is 13.8 Å². The molecule has 0 aromatic carbocycles. The second-order valence-electron chi connectivity index (χ2n) is 3.87. The first-order valence-electron chi connectivity index (χ1n) is 5.10. The second kappa shape index (κ2) is 6.28. The van der Waals surface area contributed by atoms with Crippen molar-refractivity contribution in [2.24, 2.45) is 5.92 Å². The number of anilines is 1. The largest absolute Gasteiger partial charge is 0.384 e. The van der Waals surface area contributed by atoms with E-state index in [0.717, 1.165) is 17.8 Å². The fourth-order valence-electron chi connectivity index (χ4n) is 1.43. The highest BCUT2D eigenvalue weighted by molar-refractivity contribution is 6.34. The summed E-state index contributed by atoms with van der Waals surface area (Å²) in [5.41, 5.74) is 1.84. The molecule has 0 bridgehead atoms. The standard InChI is InChI=1S/C11H16Cl2N2O/c1-7(6-16-3)5-14-10-8(2)4-9(12)15-11(10)13/h4,7,14H,5-6H2,1-3H3. The molecule has 3 nitrogen and oxygen atoms in total.